The van der Waals surface area contributed by atoms with Crippen LogP contribution in [0.3, 0.4) is 0 Å². The van der Waals surface area contributed by atoms with E-state index >= 15 is 0 Å². The Morgan fingerprint density at radius 1 is 1.10 bits per heavy atom. The number of halogens is 1. The van der Waals surface area contributed by atoms with Gasteiger partial charge in [0, 0.05) is 43.1 Å². The Balaban J connectivity index is 1.55. The third-order valence-electron chi connectivity index (χ3n) is 4.71. The van der Waals surface area contributed by atoms with Gasteiger partial charge in [-0.05, 0) is 30.9 Å². The molecule has 2 fully saturated rings. The second kappa shape index (κ2) is 6.93. The number of hydrogen-bond donors (Lipinski definition) is 0. The molecule has 1 aromatic carbocycles. The predicted molar refractivity (Wildman–Crippen MR) is 88.0 cm³/mol. The van der Waals surface area contributed by atoms with Gasteiger partial charge in [0.15, 0.2) is 0 Å². The highest BCUT2D eigenvalue weighted by Crippen LogP contribution is 2.28. The van der Waals surface area contributed by atoms with E-state index in [2.05, 4.69) is 50.0 Å². The summed E-state index contributed by atoms with van der Waals surface area (Å²) in [5, 5.41) is 0. The normalized spacial score (nSPS) is 20.9. The van der Waals surface area contributed by atoms with Crippen molar-refractivity contribution < 1.29 is 4.79 Å². The molecule has 0 atom stereocenters. The Bertz CT molecular complexity index is 501. The molecule has 0 N–H and O–H groups in total. The lowest BCUT2D eigenvalue weighted by atomic mass is 9.84. The Hall–Kier alpha value is -0.870. The Labute approximate surface area is 135 Å². The lowest BCUT2D eigenvalue weighted by Gasteiger charge is -2.31. The molecule has 1 aliphatic heterocycles. The fraction of sp³-hybridized carbons (Fsp3) is 0.588. The monoisotopic (exact) mass is 350 g/mol. The molecule has 3 nitrogen and oxygen atoms in total. The summed E-state index contributed by atoms with van der Waals surface area (Å²) in [4.78, 5) is 16.9. The van der Waals surface area contributed by atoms with Gasteiger partial charge in [-0.3, -0.25) is 9.69 Å². The average Bonchev–Trinajstić information content (AvgIpc) is 2.65. The van der Waals surface area contributed by atoms with Crippen molar-refractivity contribution in [2.45, 2.75) is 32.2 Å². The molecule has 1 aromatic rings. The van der Waals surface area contributed by atoms with Crippen LogP contribution in [-0.4, -0.2) is 41.9 Å². The molecule has 0 bridgehead atoms. The maximum atomic E-state index is 12.4. The summed E-state index contributed by atoms with van der Waals surface area (Å²) in [6.07, 6.45) is 4.54. The van der Waals surface area contributed by atoms with E-state index in [0.29, 0.717) is 11.8 Å². The summed E-state index contributed by atoms with van der Waals surface area (Å²) >= 11 is 3.62. The molecule has 0 spiro atoms. The van der Waals surface area contributed by atoms with Crippen molar-refractivity contribution in [2.24, 2.45) is 5.92 Å². The third kappa shape index (κ3) is 3.67. The second-order valence-corrected chi connectivity index (χ2v) is 7.03. The van der Waals surface area contributed by atoms with Gasteiger partial charge in [0.1, 0.15) is 0 Å². The van der Waals surface area contributed by atoms with E-state index in [4.69, 9.17) is 0 Å². The molecule has 4 heteroatoms. The maximum Gasteiger partial charge on any atom is 0.225 e. The van der Waals surface area contributed by atoms with Crippen LogP contribution < -0.4 is 0 Å². The molecule has 2 aliphatic rings. The lowest BCUT2D eigenvalue weighted by Crippen LogP contribution is -2.41. The van der Waals surface area contributed by atoms with E-state index < -0.39 is 0 Å². The zero-order valence-electron chi connectivity index (χ0n) is 12.4. The van der Waals surface area contributed by atoms with Crippen LogP contribution in [0.4, 0.5) is 0 Å². The Kier molecular flexibility index (Phi) is 4.96. The first-order valence-corrected chi connectivity index (χ1v) is 8.78. The molecular weight excluding hydrogens is 328 g/mol. The smallest absolute Gasteiger partial charge is 0.225 e. The van der Waals surface area contributed by atoms with Crippen LogP contribution in [0.25, 0.3) is 0 Å². The number of carbonyl (C=O) groups is 1. The highest BCUT2D eigenvalue weighted by atomic mass is 79.9. The molecule has 1 saturated heterocycles. The van der Waals surface area contributed by atoms with Gasteiger partial charge in [-0.2, -0.15) is 0 Å². The van der Waals surface area contributed by atoms with Crippen molar-refractivity contribution in [3.63, 3.8) is 0 Å². The van der Waals surface area contributed by atoms with E-state index in [1.165, 1.54) is 16.5 Å². The summed E-state index contributed by atoms with van der Waals surface area (Å²) in [6.45, 7) is 4.85. The van der Waals surface area contributed by atoms with E-state index in [9.17, 15) is 4.79 Å². The molecule has 0 unspecified atom stereocenters. The number of nitrogens with zero attached hydrogens (tertiary/aromatic N) is 2. The SMILES string of the molecule is O=C(C1CCC1)N1CCCN(Cc2ccccc2Br)CC1. The summed E-state index contributed by atoms with van der Waals surface area (Å²) in [5.41, 5.74) is 1.33. The van der Waals surface area contributed by atoms with Gasteiger partial charge >= 0.3 is 0 Å². The standard InChI is InChI=1S/C17H23BrN2O/c18-16-8-2-1-5-15(16)13-19-9-4-10-20(12-11-19)17(21)14-6-3-7-14/h1-2,5,8,14H,3-4,6-7,9-13H2. The maximum absolute atomic E-state index is 12.4. The molecule has 0 radical (unpaired) electrons. The van der Waals surface area contributed by atoms with E-state index in [1.807, 2.05) is 0 Å². The van der Waals surface area contributed by atoms with Crippen LogP contribution in [-0.2, 0) is 11.3 Å². The molecule has 1 amide bonds. The van der Waals surface area contributed by atoms with Crippen molar-refractivity contribution in [3.8, 4) is 0 Å². The first kappa shape index (κ1) is 15.0. The second-order valence-electron chi connectivity index (χ2n) is 6.17. The van der Waals surface area contributed by atoms with E-state index in [-0.39, 0.29) is 0 Å². The van der Waals surface area contributed by atoms with Crippen molar-refractivity contribution in [1.29, 1.82) is 0 Å². The molecule has 1 aliphatic carbocycles. The lowest BCUT2D eigenvalue weighted by molar-refractivity contribution is -0.138. The number of benzene rings is 1. The minimum absolute atomic E-state index is 0.333. The van der Waals surface area contributed by atoms with Gasteiger partial charge in [0.2, 0.25) is 5.91 Å². The average molecular weight is 351 g/mol. The molecule has 21 heavy (non-hydrogen) atoms. The molecule has 1 heterocycles. The fourth-order valence-corrected chi connectivity index (χ4v) is 3.54. The van der Waals surface area contributed by atoms with Crippen LogP contribution >= 0.6 is 15.9 Å². The van der Waals surface area contributed by atoms with Gasteiger partial charge in [-0.1, -0.05) is 40.5 Å². The van der Waals surface area contributed by atoms with Crippen molar-refractivity contribution >= 4 is 21.8 Å². The Morgan fingerprint density at radius 3 is 2.62 bits per heavy atom. The summed E-state index contributed by atoms with van der Waals surface area (Å²) in [5.74, 6) is 0.740. The third-order valence-corrected chi connectivity index (χ3v) is 5.48. The van der Waals surface area contributed by atoms with Gasteiger partial charge in [-0.15, -0.1) is 0 Å². The van der Waals surface area contributed by atoms with Gasteiger partial charge in [-0.25, -0.2) is 0 Å². The van der Waals surface area contributed by atoms with Crippen molar-refractivity contribution in [2.75, 3.05) is 26.2 Å². The number of hydrogen-bond acceptors (Lipinski definition) is 2. The van der Waals surface area contributed by atoms with Crippen LogP contribution in [0.1, 0.15) is 31.2 Å². The van der Waals surface area contributed by atoms with Gasteiger partial charge in [0.25, 0.3) is 0 Å². The van der Waals surface area contributed by atoms with Crippen molar-refractivity contribution in [3.05, 3.63) is 34.3 Å². The number of amides is 1. The van der Waals surface area contributed by atoms with Crippen LogP contribution in [0.2, 0.25) is 0 Å². The molecule has 0 aromatic heterocycles. The molecule has 114 valence electrons. The number of carbonyl (C=O) groups excluding carboxylic acids is 1. The fourth-order valence-electron chi connectivity index (χ4n) is 3.13. The predicted octanol–water partition coefficient (Wildman–Crippen LogP) is 3.28. The van der Waals surface area contributed by atoms with E-state index in [0.717, 1.165) is 52.0 Å². The first-order valence-electron chi connectivity index (χ1n) is 7.98. The quantitative estimate of drug-likeness (QED) is 0.834. The summed E-state index contributed by atoms with van der Waals surface area (Å²) in [6, 6.07) is 8.41. The highest BCUT2D eigenvalue weighted by Gasteiger charge is 2.30. The minimum atomic E-state index is 0.333. The van der Waals surface area contributed by atoms with Gasteiger partial charge in [0.05, 0.1) is 0 Å². The molecule has 3 rings (SSSR count). The van der Waals surface area contributed by atoms with E-state index in [1.54, 1.807) is 0 Å². The Morgan fingerprint density at radius 2 is 1.90 bits per heavy atom. The highest BCUT2D eigenvalue weighted by molar-refractivity contribution is 9.10. The van der Waals surface area contributed by atoms with Gasteiger partial charge < -0.3 is 4.90 Å². The molecule has 1 saturated carbocycles. The zero-order valence-corrected chi connectivity index (χ0v) is 14.0. The summed E-state index contributed by atoms with van der Waals surface area (Å²) < 4.78 is 1.18. The van der Waals surface area contributed by atoms with Crippen molar-refractivity contribution in [1.82, 2.24) is 9.80 Å². The summed E-state index contributed by atoms with van der Waals surface area (Å²) in [7, 11) is 0. The van der Waals surface area contributed by atoms with Crippen LogP contribution in [0.15, 0.2) is 28.7 Å². The van der Waals surface area contributed by atoms with Crippen LogP contribution in [0, 0.1) is 5.92 Å². The molecular formula is C17H23BrN2O. The number of rotatable bonds is 3. The zero-order chi connectivity index (χ0) is 14.7. The minimum Gasteiger partial charge on any atom is -0.341 e. The largest absolute Gasteiger partial charge is 0.341 e. The van der Waals surface area contributed by atoms with Crippen LogP contribution in [0.5, 0.6) is 0 Å². The topological polar surface area (TPSA) is 23.6 Å². The first-order chi connectivity index (χ1) is 10.2.